The maximum atomic E-state index is 12.7. The summed E-state index contributed by atoms with van der Waals surface area (Å²) in [6, 6.07) is -0.614. The summed E-state index contributed by atoms with van der Waals surface area (Å²) in [6.07, 6.45) is 43.6. The van der Waals surface area contributed by atoms with Crippen LogP contribution in [-0.4, -0.2) is 80.6 Å². The van der Waals surface area contributed by atoms with Gasteiger partial charge in [0, 0.05) is 19.3 Å². The third kappa shape index (κ3) is 37.4. The zero-order valence-corrected chi connectivity index (χ0v) is 37.3. The maximum Gasteiger partial charge on any atom is 0.362 e. The summed E-state index contributed by atoms with van der Waals surface area (Å²) in [6.45, 7) is 4.71. The molecule has 0 bridgehead atoms. The normalized spacial score (nSPS) is 13.1. The van der Waals surface area contributed by atoms with Crippen molar-refractivity contribution in [3.63, 3.8) is 0 Å². The van der Waals surface area contributed by atoms with E-state index in [2.05, 4.69) is 38.2 Å². The van der Waals surface area contributed by atoms with E-state index in [1.807, 2.05) is 21.1 Å². The Hall–Kier alpha value is -2.19. The molecule has 0 aliphatic carbocycles. The molecule has 1 N–H and O–H groups in total. The minimum absolute atomic E-state index is 0.0522. The molecule has 328 valence electrons. The average Bonchev–Trinajstić information content (AvgIpc) is 3.15. The van der Waals surface area contributed by atoms with Gasteiger partial charge in [0.1, 0.15) is 6.61 Å². The molecule has 2 atom stereocenters. The molecule has 8 heteroatoms. The number of hydrogen-bond donors (Lipinski definition) is 1. The van der Waals surface area contributed by atoms with Gasteiger partial charge < -0.3 is 23.8 Å². The number of quaternary nitrogens is 1. The van der Waals surface area contributed by atoms with Gasteiger partial charge in [-0.1, -0.05) is 179 Å². The van der Waals surface area contributed by atoms with Gasteiger partial charge >= 0.3 is 17.9 Å². The second kappa shape index (κ2) is 39.6. The lowest BCUT2D eigenvalue weighted by Crippen LogP contribution is -2.50. The molecule has 0 spiro atoms. The lowest BCUT2D eigenvalue weighted by Gasteiger charge is -2.31. The first-order valence-electron chi connectivity index (χ1n) is 23.4. The van der Waals surface area contributed by atoms with Crippen LogP contribution in [0.1, 0.15) is 213 Å². The number of likely N-dealkylation sites (N-methyl/N-ethyl adjacent to an activating group) is 1. The smallest absolute Gasteiger partial charge is 0.362 e. The van der Waals surface area contributed by atoms with Crippen molar-refractivity contribution in [2.45, 2.75) is 225 Å². The first kappa shape index (κ1) is 53.8. The molecule has 0 fully saturated rings. The van der Waals surface area contributed by atoms with E-state index in [0.717, 1.165) is 64.2 Å². The largest absolute Gasteiger partial charge is 0.477 e. The fraction of sp³-hybridized carbons (Fsp3) is 0.854. The second-order valence-corrected chi connectivity index (χ2v) is 17.0. The molecule has 0 heterocycles. The molecule has 0 aromatic rings. The number of carboxylic acids is 1. The number of unbranched alkanes of at least 4 members (excludes halogenated alkanes) is 24. The number of rotatable bonds is 42. The fourth-order valence-corrected chi connectivity index (χ4v) is 6.93. The summed E-state index contributed by atoms with van der Waals surface area (Å²) >= 11 is 0. The minimum Gasteiger partial charge on any atom is -0.477 e. The van der Waals surface area contributed by atoms with Crippen molar-refractivity contribution in [2.75, 3.05) is 41.0 Å². The first-order chi connectivity index (χ1) is 27.1. The van der Waals surface area contributed by atoms with E-state index in [-0.39, 0.29) is 36.2 Å². The molecule has 0 amide bonds. The Labute approximate surface area is 345 Å². The number of nitrogens with zero attached hydrogens (tertiary/aromatic N) is 1. The van der Waals surface area contributed by atoms with Crippen LogP contribution in [0.3, 0.4) is 0 Å². The standard InChI is InChI=1S/C48H89NO7/c1-6-8-10-12-14-16-18-20-22-23-24-25-27-28-30-32-34-36-38-46(50)55-43-44(42-54-41-40-45(48(52)53)49(3,4)5)56-47(51)39-37-35-33-31-29-26-21-19-17-15-13-11-9-7-2/h13,15,19,21,44-45H,6-12,14,16-18,20,22-43H2,1-5H3/p+1/b15-13-,21-19-. The van der Waals surface area contributed by atoms with Crippen molar-refractivity contribution in [2.24, 2.45) is 0 Å². The van der Waals surface area contributed by atoms with Crippen molar-refractivity contribution in [1.82, 2.24) is 0 Å². The van der Waals surface area contributed by atoms with E-state index in [0.29, 0.717) is 19.3 Å². The van der Waals surface area contributed by atoms with Crippen LogP contribution in [-0.2, 0) is 28.6 Å². The number of carboxylic acid groups (broad SMARTS) is 1. The first-order valence-corrected chi connectivity index (χ1v) is 23.4. The lowest BCUT2D eigenvalue weighted by molar-refractivity contribution is -0.887. The lowest BCUT2D eigenvalue weighted by atomic mass is 10.0. The van der Waals surface area contributed by atoms with Crippen molar-refractivity contribution in [1.29, 1.82) is 0 Å². The van der Waals surface area contributed by atoms with Crippen LogP contribution in [0.25, 0.3) is 0 Å². The SMILES string of the molecule is CCCC/C=C\C/C=C\CCCCCCCC(=O)OC(COCCC(C(=O)O)[N+](C)(C)C)COC(=O)CCCCCCCCCCCCCCCCCCCC. The Balaban J connectivity index is 4.28. The number of esters is 2. The van der Waals surface area contributed by atoms with E-state index in [1.54, 1.807) is 0 Å². The van der Waals surface area contributed by atoms with E-state index < -0.39 is 18.1 Å². The molecule has 0 aliphatic heterocycles. The van der Waals surface area contributed by atoms with Gasteiger partial charge in [-0.25, -0.2) is 4.79 Å². The van der Waals surface area contributed by atoms with Crippen LogP contribution in [0.2, 0.25) is 0 Å². The summed E-state index contributed by atoms with van der Waals surface area (Å²) in [4.78, 5) is 37.0. The zero-order valence-electron chi connectivity index (χ0n) is 37.3. The molecule has 0 rings (SSSR count). The number of carbonyl (C=O) groups excluding carboxylic acids is 2. The molecular weight excluding hydrogens is 703 g/mol. The van der Waals surface area contributed by atoms with Crippen LogP contribution in [0, 0.1) is 0 Å². The quantitative estimate of drug-likeness (QED) is 0.0284. The number of ether oxygens (including phenoxy) is 3. The predicted molar refractivity (Wildman–Crippen MR) is 234 cm³/mol. The number of aliphatic carboxylic acids is 1. The highest BCUT2D eigenvalue weighted by molar-refractivity contribution is 5.72. The van der Waals surface area contributed by atoms with E-state index in [1.165, 1.54) is 116 Å². The van der Waals surface area contributed by atoms with Gasteiger partial charge in [0.25, 0.3) is 0 Å². The topological polar surface area (TPSA) is 99.1 Å². The highest BCUT2D eigenvalue weighted by Crippen LogP contribution is 2.16. The molecule has 0 aliphatic rings. The van der Waals surface area contributed by atoms with Gasteiger partial charge in [-0.15, -0.1) is 0 Å². The highest BCUT2D eigenvalue weighted by Gasteiger charge is 2.31. The predicted octanol–water partition coefficient (Wildman–Crippen LogP) is 12.9. The number of carbonyl (C=O) groups is 3. The van der Waals surface area contributed by atoms with Crippen molar-refractivity contribution in [3.05, 3.63) is 24.3 Å². The van der Waals surface area contributed by atoms with E-state index >= 15 is 0 Å². The summed E-state index contributed by atoms with van der Waals surface area (Å²) in [5.41, 5.74) is 0. The molecule has 2 unspecified atom stereocenters. The van der Waals surface area contributed by atoms with Crippen molar-refractivity contribution in [3.8, 4) is 0 Å². The summed E-state index contributed by atoms with van der Waals surface area (Å²) in [5, 5.41) is 9.62. The Morgan fingerprint density at radius 2 is 0.964 bits per heavy atom. The number of hydrogen-bond acceptors (Lipinski definition) is 6. The molecule has 0 saturated heterocycles. The molecular formula is C48H90NO7+. The summed E-state index contributed by atoms with van der Waals surface area (Å²) < 4.78 is 17.3. The molecule has 0 radical (unpaired) electrons. The zero-order chi connectivity index (χ0) is 41.4. The van der Waals surface area contributed by atoms with Gasteiger partial charge in [0.2, 0.25) is 0 Å². The molecule has 0 saturated carbocycles. The second-order valence-electron chi connectivity index (χ2n) is 17.0. The van der Waals surface area contributed by atoms with Gasteiger partial charge in [0.05, 0.1) is 34.4 Å². The van der Waals surface area contributed by atoms with Crippen LogP contribution in [0.5, 0.6) is 0 Å². The Bertz CT molecular complexity index is 973. The van der Waals surface area contributed by atoms with Crippen molar-refractivity contribution >= 4 is 17.9 Å². The summed E-state index contributed by atoms with van der Waals surface area (Å²) in [5.74, 6) is -1.47. The molecule has 56 heavy (non-hydrogen) atoms. The fourth-order valence-electron chi connectivity index (χ4n) is 6.93. The average molecular weight is 793 g/mol. The van der Waals surface area contributed by atoms with Crippen LogP contribution >= 0.6 is 0 Å². The van der Waals surface area contributed by atoms with Gasteiger partial charge in [-0.2, -0.15) is 0 Å². The van der Waals surface area contributed by atoms with Crippen LogP contribution in [0.4, 0.5) is 0 Å². The van der Waals surface area contributed by atoms with Gasteiger partial charge in [-0.05, 0) is 38.5 Å². The van der Waals surface area contributed by atoms with Gasteiger partial charge in [-0.3, -0.25) is 9.59 Å². The highest BCUT2D eigenvalue weighted by atomic mass is 16.6. The monoisotopic (exact) mass is 793 g/mol. The van der Waals surface area contributed by atoms with Crippen LogP contribution in [0.15, 0.2) is 24.3 Å². The van der Waals surface area contributed by atoms with E-state index in [9.17, 15) is 19.5 Å². The minimum atomic E-state index is -0.875. The molecule has 0 aromatic heterocycles. The van der Waals surface area contributed by atoms with E-state index in [4.69, 9.17) is 14.2 Å². The third-order valence-electron chi connectivity index (χ3n) is 10.6. The maximum absolute atomic E-state index is 12.7. The Morgan fingerprint density at radius 1 is 0.536 bits per heavy atom. The Kier molecular flexibility index (Phi) is 38.1. The molecule has 0 aromatic carbocycles. The number of allylic oxidation sites excluding steroid dienone is 4. The Morgan fingerprint density at radius 3 is 1.43 bits per heavy atom. The van der Waals surface area contributed by atoms with Gasteiger partial charge in [0.15, 0.2) is 12.1 Å². The van der Waals surface area contributed by atoms with Crippen molar-refractivity contribution < 1.29 is 38.2 Å². The van der Waals surface area contributed by atoms with Crippen LogP contribution < -0.4 is 0 Å². The summed E-state index contributed by atoms with van der Waals surface area (Å²) in [7, 11) is 5.53. The molecule has 8 nitrogen and oxygen atoms in total. The third-order valence-corrected chi connectivity index (χ3v) is 10.6.